The summed E-state index contributed by atoms with van der Waals surface area (Å²) in [6, 6.07) is 12.6. The minimum Gasteiger partial charge on any atom is -0.497 e. The molecule has 3 rings (SSSR count). The van der Waals surface area contributed by atoms with Gasteiger partial charge in [-0.05, 0) is 48.5 Å². The second kappa shape index (κ2) is 7.04. The topological polar surface area (TPSA) is 83.2 Å². The van der Waals surface area contributed by atoms with Gasteiger partial charge in [0.25, 0.3) is 5.91 Å². The molecule has 3 N–H and O–H groups in total. The number of H-pyrrole nitrogens is 1. The molecule has 0 atom stereocenters. The van der Waals surface area contributed by atoms with Crippen LogP contribution in [-0.4, -0.2) is 30.5 Å². The van der Waals surface area contributed by atoms with E-state index in [0.717, 1.165) is 0 Å². The molecule has 0 aliphatic carbocycles. The first-order valence-corrected chi connectivity index (χ1v) is 7.55. The largest absolute Gasteiger partial charge is 0.497 e. The van der Waals surface area contributed by atoms with E-state index in [1.54, 1.807) is 37.4 Å². The number of fused-ring (bicyclic) bond motifs is 1. The molecule has 0 unspecified atom stereocenters. The molecule has 6 nitrogen and oxygen atoms in total. The van der Waals surface area contributed by atoms with Crippen molar-refractivity contribution in [1.82, 2.24) is 10.3 Å². The molecule has 128 valence electrons. The summed E-state index contributed by atoms with van der Waals surface area (Å²) in [5.41, 5.74) is 1.51. The first-order chi connectivity index (χ1) is 12.0. The lowest BCUT2D eigenvalue weighted by atomic mass is 10.2. The Kier molecular flexibility index (Phi) is 4.65. The van der Waals surface area contributed by atoms with Gasteiger partial charge in [-0.3, -0.25) is 9.59 Å². The normalized spacial score (nSPS) is 10.5. The highest BCUT2D eigenvalue weighted by atomic mass is 19.1. The van der Waals surface area contributed by atoms with Crippen molar-refractivity contribution < 1.29 is 18.7 Å². The van der Waals surface area contributed by atoms with Gasteiger partial charge in [0.2, 0.25) is 5.91 Å². The van der Waals surface area contributed by atoms with Gasteiger partial charge in [-0.1, -0.05) is 0 Å². The molecule has 0 spiro atoms. The van der Waals surface area contributed by atoms with Crippen LogP contribution in [0.3, 0.4) is 0 Å². The fourth-order valence-corrected chi connectivity index (χ4v) is 2.36. The summed E-state index contributed by atoms with van der Waals surface area (Å²) in [6.45, 7) is -0.186. The lowest BCUT2D eigenvalue weighted by molar-refractivity contribution is -0.115. The van der Waals surface area contributed by atoms with Gasteiger partial charge in [0, 0.05) is 16.6 Å². The van der Waals surface area contributed by atoms with Gasteiger partial charge in [0.15, 0.2) is 0 Å². The van der Waals surface area contributed by atoms with Gasteiger partial charge < -0.3 is 20.4 Å². The van der Waals surface area contributed by atoms with E-state index in [4.69, 9.17) is 4.74 Å². The van der Waals surface area contributed by atoms with Crippen LogP contribution in [0.25, 0.3) is 10.9 Å². The number of nitrogens with one attached hydrogen (secondary N) is 3. The Labute approximate surface area is 143 Å². The number of ether oxygens (including phenoxy) is 1. The van der Waals surface area contributed by atoms with Crippen molar-refractivity contribution in [3.05, 3.63) is 60.0 Å². The summed E-state index contributed by atoms with van der Waals surface area (Å²) in [5.74, 6) is -0.499. The van der Waals surface area contributed by atoms with Crippen LogP contribution in [0.15, 0.2) is 48.5 Å². The molecule has 2 amide bonds. The third-order valence-corrected chi connectivity index (χ3v) is 3.61. The predicted molar refractivity (Wildman–Crippen MR) is 92.2 cm³/mol. The van der Waals surface area contributed by atoms with Crippen molar-refractivity contribution in [2.24, 2.45) is 0 Å². The number of hydrogen-bond donors (Lipinski definition) is 3. The van der Waals surface area contributed by atoms with Gasteiger partial charge in [0.1, 0.15) is 17.3 Å². The van der Waals surface area contributed by atoms with E-state index >= 15 is 0 Å². The SMILES string of the molecule is COc1ccc(NC(=O)CNC(=O)c2cc3cc(F)ccc3[nH]2)cc1. The molecule has 3 aromatic rings. The highest BCUT2D eigenvalue weighted by molar-refractivity contribution is 6.01. The number of anilines is 1. The minimum atomic E-state index is -0.443. The molecule has 0 aliphatic rings. The maximum atomic E-state index is 13.2. The van der Waals surface area contributed by atoms with E-state index in [2.05, 4.69) is 15.6 Å². The predicted octanol–water partition coefficient (Wildman–Crippen LogP) is 2.68. The van der Waals surface area contributed by atoms with Crippen LogP contribution >= 0.6 is 0 Å². The van der Waals surface area contributed by atoms with Crippen molar-refractivity contribution in [2.75, 3.05) is 19.0 Å². The average molecular weight is 341 g/mol. The number of aromatic amines is 1. The van der Waals surface area contributed by atoms with E-state index in [0.29, 0.717) is 22.3 Å². The monoisotopic (exact) mass is 341 g/mol. The molecule has 1 aromatic heterocycles. The quantitative estimate of drug-likeness (QED) is 0.667. The van der Waals surface area contributed by atoms with Crippen LogP contribution in [0.2, 0.25) is 0 Å². The van der Waals surface area contributed by atoms with Gasteiger partial charge >= 0.3 is 0 Å². The third-order valence-electron chi connectivity index (χ3n) is 3.61. The molecule has 7 heteroatoms. The fraction of sp³-hybridized carbons (Fsp3) is 0.111. The standard InChI is InChI=1S/C18H16FN3O3/c1-25-14-5-3-13(4-6-14)21-17(23)10-20-18(24)16-9-11-8-12(19)2-7-15(11)22-16/h2-9,22H,10H2,1H3,(H,20,24)(H,21,23). The maximum absolute atomic E-state index is 13.2. The van der Waals surface area contributed by atoms with Gasteiger partial charge in [0.05, 0.1) is 13.7 Å². The summed E-state index contributed by atoms with van der Waals surface area (Å²) in [6.07, 6.45) is 0. The Morgan fingerprint density at radius 3 is 2.60 bits per heavy atom. The lowest BCUT2D eigenvalue weighted by Crippen LogP contribution is -2.33. The van der Waals surface area contributed by atoms with E-state index in [9.17, 15) is 14.0 Å². The molecule has 0 saturated carbocycles. The summed E-state index contributed by atoms with van der Waals surface area (Å²) in [4.78, 5) is 26.9. The van der Waals surface area contributed by atoms with E-state index in [-0.39, 0.29) is 24.0 Å². The van der Waals surface area contributed by atoms with E-state index in [1.165, 1.54) is 18.2 Å². The van der Waals surface area contributed by atoms with Crippen molar-refractivity contribution in [3.63, 3.8) is 0 Å². The molecule has 0 fully saturated rings. The number of hydrogen-bond acceptors (Lipinski definition) is 3. The van der Waals surface area contributed by atoms with Crippen LogP contribution in [0.4, 0.5) is 10.1 Å². The number of methoxy groups -OCH3 is 1. The van der Waals surface area contributed by atoms with Gasteiger partial charge in [-0.15, -0.1) is 0 Å². The lowest BCUT2D eigenvalue weighted by Gasteiger charge is -2.07. The van der Waals surface area contributed by atoms with Crippen molar-refractivity contribution >= 4 is 28.4 Å². The Balaban J connectivity index is 1.57. The zero-order chi connectivity index (χ0) is 17.8. The van der Waals surface area contributed by atoms with Crippen molar-refractivity contribution in [2.45, 2.75) is 0 Å². The molecule has 0 bridgehead atoms. The minimum absolute atomic E-state index is 0.186. The number of aromatic nitrogens is 1. The summed E-state index contributed by atoms with van der Waals surface area (Å²) < 4.78 is 18.2. The van der Waals surface area contributed by atoms with Crippen molar-refractivity contribution in [1.29, 1.82) is 0 Å². The number of carbonyl (C=O) groups is 2. The van der Waals surface area contributed by atoms with Crippen LogP contribution in [0, 0.1) is 5.82 Å². The number of amides is 2. The fourth-order valence-electron chi connectivity index (χ4n) is 2.36. The van der Waals surface area contributed by atoms with Crippen LogP contribution < -0.4 is 15.4 Å². The second-order valence-corrected chi connectivity index (χ2v) is 5.37. The summed E-state index contributed by atoms with van der Waals surface area (Å²) >= 11 is 0. The zero-order valence-electron chi connectivity index (χ0n) is 13.4. The van der Waals surface area contributed by atoms with Crippen LogP contribution in [0.1, 0.15) is 10.5 Å². The molecule has 25 heavy (non-hydrogen) atoms. The molecule has 0 aliphatic heterocycles. The second-order valence-electron chi connectivity index (χ2n) is 5.37. The highest BCUT2D eigenvalue weighted by Crippen LogP contribution is 2.17. The van der Waals surface area contributed by atoms with E-state index in [1.807, 2.05) is 0 Å². The smallest absolute Gasteiger partial charge is 0.268 e. The van der Waals surface area contributed by atoms with E-state index < -0.39 is 5.91 Å². The first kappa shape index (κ1) is 16.5. The number of benzene rings is 2. The number of halogens is 1. The zero-order valence-corrected chi connectivity index (χ0v) is 13.4. The maximum Gasteiger partial charge on any atom is 0.268 e. The van der Waals surface area contributed by atoms with Gasteiger partial charge in [-0.25, -0.2) is 4.39 Å². The number of carbonyl (C=O) groups excluding carboxylic acids is 2. The molecular weight excluding hydrogens is 325 g/mol. The Bertz CT molecular complexity index is 919. The van der Waals surface area contributed by atoms with Crippen molar-refractivity contribution in [3.8, 4) is 5.75 Å². The molecule has 2 aromatic carbocycles. The molecular formula is C18H16FN3O3. The van der Waals surface area contributed by atoms with Gasteiger partial charge in [-0.2, -0.15) is 0 Å². The van der Waals surface area contributed by atoms with Crippen LogP contribution in [-0.2, 0) is 4.79 Å². The van der Waals surface area contributed by atoms with Crippen LogP contribution in [0.5, 0.6) is 5.75 Å². The molecule has 1 heterocycles. The molecule has 0 radical (unpaired) electrons. The Hall–Kier alpha value is -3.35. The molecule has 0 saturated heterocycles. The highest BCUT2D eigenvalue weighted by Gasteiger charge is 2.11. The summed E-state index contributed by atoms with van der Waals surface area (Å²) in [7, 11) is 1.56. The third kappa shape index (κ3) is 3.95. The Morgan fingerprint density at radius 1 is 1.12 bits per heavy atom. The summed E-state index contributed by atoms with van der Waals surface area (Å²) in [5, 5.41) is 5.77. The first-order valence-electron chi connectivity index (χ1n) is 7.55. The average Bonchev–Trinajstić information content (AvgIpc) is 3.03. The number of rotatable bonds is 5. The Morgan fingerprint density at radius 2 is 1.88 bits per heavy atom.